The average Bonchev–Trinajstić information content (AvgIpc) is 1.35. The van der Waals surface area contributed by atoms with Gasteiger partial charge in [-0.05, 0) is 39.5 Å². The first-order chi connectivity index (χ1) is 2.77. The zero-order chi connectivity index (χ0) is 4.99. The van der Waals surface area contributed by atoms with Crippen molar-refractivity contribution in [3.63, 3.8) is 0 Å². The van der Waals surface area contributed by atoms with Gasteiger partial charge in [0.2, 0.25) is 0 Å². The highest BCUT2D eigenvalue weighted by atomic mass is 127. The molecule has 0 heterocycles. The van der Waals surface area contributed by atoms with Gasteiger partial charge in [-0.25, -0.2) is 0 Å². The predicted octanol–water partition coefficient (Wildman–Crippen LogP) is 2.74. The maximum absolute atomic E-state index is 2.30. The molecule has 0 saturated heterocycles. The first-order valence-electron chi connectivity index (χ1n) is 2.09. The molecule has 6 heavy (non-hydrogen) atoms. The van der Waals surface area contributed by atoms with E-state index in [9.17, 15) is 0 Å². The lowest BCUT2D eigenvalue weighted by Gasteiger charge is -1.77. The maximum Gasteiger partial charge on any atom is -0.0165 e. The Morgan fingerprint density at radius 1 is 1.83 bits per heavy atom. The van der Waals surface area contributed by atoms with Crippen molar-refractivity contribution in [1.29, 1.82) is 0 Å². The van der Waals surface area contributed by atoms with Crippen molar-refractivity contribution in [3.05, 3.63) is 9.66 Å². The minimum Gasteiger partial charge on any atom is -0.0758 e. The molecule has 1 heteroatoms. The van der Waals surface area contributed by atoms with Crippen molar-refractivity contribution in [2.75, 3.05) is 0 Å². The smallest absolute Gasteiger partial charge is 0.0165 e. The number of allylic oxidation sites excluding steroid dienone is 2. The third-order valence-electron chi connectivity index (χ3n) is 0.485. The molecular weight excluding hydrogens is 187 g/mol. The molecule has 0 aromatic carbocycles. The molecule has 0 amide bonds. The van der Waals surface area contributed by atoms with Gasteiger partial charge in [0.05, 0.1) is 0 Å². The normalized spacial score (nSPS) is 12.2. The Bertz CT molecular complexity index is 51.0. The molecule has 0 aromatic rings. The van der Waals surface area contributed by atoms with Gasteiger partial charge in [-0.2, -0.15) is 0 Å². The molecule has 0 N–H and O–H groups in total. The van der Waals surface area contributed by atoms with Crippen LogP contribution in [0.1, 0.15) is 20.3 Å². The van der Waals surface area contributed by atoms with Crippen molar-refractivity contribution in [3.8, 4) is 0 Å². The van der Waals surface area contributed by atoms with Crippen molar-refractivity contribution >= 4 is 22.6 Å². The fourth-order valence-electron chi connectivity index (χ4n) is 0.281. The summed E-state index contributed by atoms with van der Waals surface area (Å²) in [5.74, 6) is 0. The van der Waals surface area contributed by atoms with Gasteiger partial charge >= 0.3 is 0 Å². The van der Waals surface area contributed by atoms with E-state index in [1.165, 1.54) is 3.58 Å². The van der Waals surface area contributed by atoms with Gasteiger partial charge in [-0.1, -0.05) is 13.0 Å². The largest absolute Gasteiger partial charge is 0.0758 e. The van der Waals surface area contributed by atoms with Crippen molar-refractivity contribution in [2.24, 2.45) is 0 Å². The molecule has 0 aliphatic carbocycles. The van der Waals surface area contributed by atoms with Crippen LogP contribution in [0.15, 0.2) is 9.66 Å². The molecule has 0 spiro atoms. The van der Waals surface area contributed by atoms with E-state index in [0.29, 0.717) is 0 Å². The van der Waals surface area contributed by atoms with Gasteiger partial charge < -0.3 is 0 Å². The number of hydrogen-bond donors (Lipinski definition) is 0. The highest BCUT2D eigenvalue weighted by Gasteiger charge is 1.69. The van der Waals surface area contributed by atoms with Crippen molar-refractivity contribution in [2.45, 2.75) is 20.3 Å². The number of rotatable bonds is 1. The second-order valence-corrected chi connectivity index (χ2v) is 2.90. The standard InChI is InChI=1S/C5H9I/c1-3-4-5(2)6/h4H,3H2,1-2H3/b5-4+. The Morgan fingerprint density at radius 2 is 2.33 bits per heavy atom. The molecule has 0 bridgehead atoms. The molecule has 0 aliphatic heterocycles. The minimum absolute atomic E-state index is 1.16. The molecule has 36 valence electrons. The molecule has 0 aliphatic rings. The summed E-state index contributed by atoms with van der Waals surface area (Å²) in [4.78, 5) is 0. The molecule has 0 radical (unpaired) electrons. The summed E-state index contributed by atoms with van der Waals surface area (Å²) in [5.41, 5.74) is 0. The van der Waals surface area contributed by atoms with Gasteiger partial charge in [0.25, 0.3) is 0 Å². The van der Waals surface area contributed by atoms with E-state index in [2.05, 4.69) is 42.5 Å². The second kappa shape index (κ2) is 3.65. The van der Waals surface area contributed by atoms with Crippen LogP contribution in [0, 0.1) is 0 Å². The van der Waals surface area contributed by atoms with Crippen LogP contribution >= 0.6 is 22.6 Å². The molecule has 0 aromatic heterocycles. The quantitative estimate of drug-likeness (QED) is 0.565. The van der Waals surface area contributed by atoms with Gasteiger partial charge in [-0.3, -0.25) is 0 Å². The Hall–Kier alpha value is 0.470. The van der Waals surface area contributed by atoms with Crippen LogP contribution in [0.2, 0.25) is 0 Å². The SMILES string of the molecule is CC/C=C(\C)I. The average molecular weight is 196 g/mol. The lowest BCUT2D eigenvalue weighted by Crippen LogP contribution is -1.53. The zero-order valence-corrected chi connectivity index (χ0v) is 6.32. The van der Waals surface area contributed by atoms with Gasteiger partial charge in [0.1, 0.15) is 0 Å². The third-order valence-corrected chi connectivity index (χ3v) is 0.926. The van der Waals surface area contributed by atoms with Crippen LogP contribution in [0.3, 0.4) is 0 Å². The molecule has 0 saturated carbocycles. The van der Waals surface area contributed by atoms with Gasteiger partial charge in [0.15, 0.2) is 0 Å². The molecular formula is C5H9I. The van der Waals surface area contributed by atoms with Crippen molar-refractivity contribution in [1.82, 2.24) is 0 Å². The summed E-state index contributed by atoms with van der Waals surface area (Å²) >= 11 is 2.30. The first-order valence-corrected chi connectivity index (χ1v) is 3.17. The molecule has 0 fully saturated rings. The first kappa shape index (κ1) is 6.47. The fourth-order valence-corrected chi connectivity index (χ4v) is 0.722. The van der Waals surface area contributed by atoms with Crippen LogP contribution in [0.5, 0.6) is 0 Å². The van der Waals surface area contributed by atoms with E-state index in [1.54, 1.807) is 0 Å². The Balaban J connectivity index is 3.14. The zero-order valence-electron chi connectivity index (χ0n) is 4.16. The number of hydrogen-bond acceptors (Lipinski definition) is 0. The van der Waals surface area contributed by atoms with Crippen LogP contribution < -0.4 is 0 Å². The summed E-state index contributed by atoms with van der Waals surface area (Å²) in [5, 5.41) is 0. The van der Waals surface area contributed by atoms with E-state index in [4.69, 9.17) is 0 Å². The van der Waals surface area contributed by atoms with Crippen LogP contribution in [-0.4, -0.2) is 0 Å². The van der Waals surface area contributed by atoms with E-state index in [0.717, 1.165) is 6.42 Å². The number of halogens is 1. The minimum atomic E-state index is 1.16. The lowest BCUT2D eigenvalue weighted by atomic mass is 10.4. The molecule has 0 atom stereocenters. The van der Waals surface area contributed by atoms with E-state index < -0.39 is 0 Å². The van der Waals surface area contributed by atoms with Crippen molar-refractivity contribution < 1.29 is 0 Å². The van der Waals surface area contributed by atoms with Gasteiger partial charge in [0, 0.05) is 0 Å². The van der Waals surface area contributed by atoms with Crippen LogP contribution in [0.25, 0.3) is 0 Å². The Labute approximate surface area is 52.8 Å². The summed E-state index contributed by atoms with van der Waals surface area (Å²) in [6.07, 6.45) is 3.36. The van der Waals surface area contributed by atoms with Crippen LogP contribution in [-0.2, 0) is 0 Å². The fraction of sp³-hybridized carbons (Fsp3) is 0.600. The van der Waals surface area contributed by atoms with E-state index >= 15 is 0 Å². The monoisotopic (exact) mass is 196 g/mol. The molecule has 0 rings (SSSR count). The second-order valence-electron chi connectivity index (χ2n) is 1.20. The highest BCUT2D eigenvalue weighted by Crippen LogP contribution is 2.02. The lowest BCUT2D eigenvalue weighted by molar-refractivity contribution is 1.22. The topological polar surface area (TPSA) is 0 Å². The summed E-state index contributed by atoms with van der Waals surface area (Å²) in [6, 6.07) is 0. The Morgan fingerprint density at radius 3 is 2.33 bits per heavy atom. The van der Waals surface area contributed by atoms with E-state index in [-0.39, 0.29) is 0 Å². The van der Waals surface area contributed by atoms with E-state index in [1.807, 2.05) is 0 Å². The summed E-state index contributed by atoms with van der Waals surface area (Å²) in [7, 11) is 0. The summed E-state index contributed by atoms with van der Waals surface area (Å²) in [6.45, 7) is 4.24. The summed E-state index contributed by atoms with van der Waals surface area (Å²) < 4.78 is 1.38. The third kappa shape index (κ3) is 4.47. The Kier molecular flexibility index (Phi) is 3.94. The molecule has 0 unspecified atom stereocenters. The molecule has 0 nitrogen and oxygen atoms in total. The van der Waals surface area contributed by atoms with Gasteiger partial charge in [-0.15, -0.1) is 0 Å². The predicted molar refractivity (Wildman–Crippen MR) is 38.1 cm³/mol. The van der Waals surface area contributed by atoms with Crippen LogP contribution in [0.4, 0.5) is 0 Å². The maximum atomic E-state index is 2.30. The highest BCUT2D eigenvalue weighted by molar-refractivity contribution is 14.1.